The third-order valence-electron chi connectivity index (χ3n) is 2.29. The summed E-state index contributed by atoms with van der Waals surface area (Å²) < 4.78 is 0. The number of aromatic amines is 1. The van der Waals surface area contributed by atoms with Gasteiger partial charge in [0, 0.05) is 0 Å². The summed E-state index contributed by atoms with van der Waals surface area (Å²) in [5.41, 5.74) is 3.70. The Kier molecular flexibility index (Phi) is 3.51. The van der Waals surface area contributed by atoms with Gasteiger partial charge in [-0.15, -0.1) is 0 Å². The van der Waals surface area contributed by atoms with Crippen LogP contribution in [0.4, 0.5) is 0 Å². The molecule has 2 aromatic rings. The minimum Gasteiger partial charge on any atom is -0.345 e. The maximum atomic E-state index is 4.19. The Morgan fingerprint density at radius 3 is 2.40 bits per heavy atom. The van der Waals surface area contributed by atoms with Gasteiger partial charge in [0.15, 0.2) is 0 Å². The summed E-state index contributed by atoms with van der Waals surface area (Å²) in [6.45, 7) is 10.6. The lowest BCUT2D eigenvalue weighted by Crippen LogP contribution is -2.10. The smallest absolute Gasteiger partial charge is 0.0931 e. The molecule has 0 saturated carbocycles. The van der Waals surface area contributed by atoms with Crippen LogP contribution in [0.5, 0.6) is 0 Å². The molecule has 2 nitrogen and oxygen atoms in total. The fourth-order valence-corrected chi connectivity index (χ4v) is 1.40. The predicted molar refractivity (Wildman–Crippen MR) is 66.1 cm³/mol. The molecule has 82 valence electrons. The van der Waals surface area contributed by atoms with E-state index in [1.54, 1.807) is 6.33 Å². The van der Waals surface area contributed by atoms with Crippen molar-refractivity contribution in [3.8, 4) is 0 Å². The van der Waals surface area contributed by atoms with E-state index in [2.05, 4.69) is 48.9 Å². The van der Waals surface area contributed by atoms with E-state index in [9.17, 15) is 0 Å². The maximum Gasteiger partial charge on any atom is 0.0931 e. The van der Waals surface area contributed by atoms with Crippen molar-refractivity contribution in [3.63, 3.8) is 0 Å². The SMILES string of the molecule is CC.CC(C)(C)c1ccc2nc[nH]c2c1. The maximum absolute atomic E-state index is 4.19. The van der Waals surface area contributed by atoms with Gasteiger partial charge in [0.1, 0.15) is 0 Å². The molecule has 0 unspecified atom stereocenters. The first-order chi connectivity index (χ1) is 7.07. The molecule has 2 rings (SSSR count). The highest BCUT2D eigenvalue weighted by atomic mass is 14.9. The molecule has 1 heterocycles. The van der Waals surface area contributed by atoms with E-state index < -0.39 is 0 Å². The molecular formula is C13H20N2. The second-order valence-electron chi connectivity index (χ2n) is 4.38. The van der Waals surface area contributed by atoms with E-state index in [0.717, 1.165) is 11.0 Å². The van der Waals surface area contributed by atoms with Gasteiger partial charge >= 0.3 is 0 Å². The van der Waals surface area contributed by atoms with Crippen molar-refractivity contribution in [3.05, 3.63) is 30.1 Å². The zero-order valence-corrected chi connectivity index (χ0v) is 10.3. The predicted octanol–water partition coefficient (Wildman–Crippen LogP) is 3.89. The van der Waals surface area contributed by atoms with Gasteiger partial charge < -0.3 is 4.98 Å². The highest BCUT2D eigenvalue weighted by Gasteiger charge is 2.13. The average Bonchev–Trinajstić information content (AvgIpc) is 2.66. The lowest BCUT2D eigenvalue weighted by Gasteiger charge is -2.18. The van der Waals surface area contributed by atoms with Crippen LogP contribution < -0.4 is 0 Å². The van der Waals surface area contributed by atoms with E-state index in [1.165, 1.54) is 5.56 Å². The Balaban J connectivity index is 0.000000531. The van der Waals surface area contributed by atoms with Crippen LogP contribution in [0.25, 0.3) is 11.0 Å². The molecule has 0 fully saturated rings. The van der Waals surface area contributed by atoms with Crippen molar-refractivity contribution in [2.24, 2.45) is 0 Å². The number of nitrogens with zero attached hydrogens (tertiary/aromatic N) is 1. The summed E-state index contributed by atoms with van der Waals surface area (Å²) in [5, 5.41) is 0. The van der Waals surface area contributed by atoms with Crippen molar-refractivity contribution in [1.82, 2.24) is 9.97 Å². The Labute approximate surface area is 91.7 Å². The van der Waals surface area contributed by atoms with Crippen LogP contribution >= 0.6 is 0 Å². The molecule has 0 bridgehead atoms. The summed E-state index contributed by atoms with van der Waals surface area (Å²) in [6, 6.07) is 6.37. The highest BCUT2D eigenvalue weighted by molar-refractivity contribution is 5.75. The first kappa shape index (κ1) is 11.8. The van der Waals surface area contributed by atoms with Crippen LogP contribution in [0.15, 0.2) is 24.5 Å². The first-order valence-electron chi connectivity index (χ1n) is 5.51. The molecule has 0 aliphatic rings. The van der Waals surface area contributed by atoms with Crippen molar-refractivity contribution in [2.45, 2.75) is 40.0 Å². The monoisotopic (exact) mass is 204 g/mol. The third kappa shape index (κ3) is 2.58. The Morgan fingerprint density at radius 2 is 1.80 bits per heavy atom. The number of hydrogen-bond donors (Lipinski definition) is 1. The van der Waals surface area contributed by atoms with Crippen LogP contribution in [-0.4, -0.2) is 9.97 Å². The molecule has 1 aromatic carbocycles. The normalized spacial score (nSPS) is 11.0. The van der Waals surface area contributed by atoms with Crippen molar-refractivity contribution in [1.29, 1.82) is 0 Å². The number of fused-ring (bicyclic) bond motifs is 1. The number of rotatable bonds is 0. The molecule has 0 radical (unpaired) electrons. The van der Waals surface area contributed by atoms with Crippen LogP contribution in [0, 0.1) is 0 Å². The van der Waals surface area contributed by atoms with Crippen LogP contribution in [0.3, 0.4) is 0 Å². The molecule has 1 aromatic heterocycles. The number of hydrogen-bond acceptors (Lipinski definition) is 1. The fraction of sp³-hybridized carbons (Fsp3) is 0.462. The van der Waals surface area contributed by atoms with E-state index in [0.29, 0.717) is 0 Å². The zero-order valence-electron chi connectivity index (χ0n) is 10.3. The van der Waals surface area contributed by atoms with Gasteiger partial charge in [-0.1, -0.05) is 40.7 Å². The number of benzene rings is 1. The van der Waals surface area contributed by atoms with Gasteiger partial charge in [0.25, 0.3) is 0 Å². The molecule has 2 heteroatoms. The summed E-state index contributed by atoms with van der Waals surface area (Å²) >= 11 is 0. The minimum atomic E-state index is 0.208. The second-order valence-corrected chi connectivity index (χ2v) is 4.38. The van der Waals surface area contributed by atoms with Crippen LogP contribution in [0.2, 0.25) is 0 Å². The molecule has 0 saturated heterocycles. The Morgan fingerprint density at radius 1 is 1.13 bits per heavy atom. The van der Waals surface area contributed by atoms with Gasteiger partial charge in [-0.25, -0.2) is 4.98 Å². The van der Waals surface area contributed by atoms with E-state index >= 15 is 0 Å². The van der Waals surface area contributed by atoms with Gasteiger partial charge in [-0.3, -0.25) is 0 Å². The Hall–Kier alpha value is -1.31. The van der Waals surface area contributed by atoms with E-state index in [1.807, 2.05) is 13.8 Å². The third-order valence-corrected chi connectivity index (χ3v) is 2.29. The lowest BCUT2D eigenvalue weighted by molar-refractivity contribution is 0.591. The van der Waals surface area contributed by atoms with Crippen LogP contribution in [0.1, 0.15) is 40.2 Å². The Bertz CT molecular complexity index is 421. The van der Waals surface area contributed by atoms with E-state index in [-0.39, 0.29) is 5.41 Å². The van der Waals surface area contributed by atoms with Crippen molar-refractivity contribution in [2.75, 3.05) is 0 Å². The minimum absolute atomic E-state index is 0.208. The topological polar surface area (TPSA) is 28.7 Å². The fourth-order valence-electron chi connectivity index (χ4n) is 1.40. The molecule has 15 heavy (non-hydrogen) atoms. The quantitative estimate of drug-likeness (QED) is 0.693. The molecule has 0 spiro atoms. The number of aromatic nitrogens is 2. The number of nitrogens with one attached hydrogen (secondary N) is 1. The molecule has 0 aliphatic carbocycles. The first-order valence-corrected chi connectivity index (χ1v) is 5.51. The molecular weight excluding hydrogens is 184 g/mol. The second kappa shape index (κ2) is 4.47. The standard InChI is InChI=1S/C11H14N2.C2H6/c1-11(2,3)8-4-5-9-10(6-8)13-7-12-9;1-2/h4-7H,1-3H3,(H,12,13);1-2H3. The molecule has 1 N–H and O–H groups in total. The summed E-state index contributed by atoms with van der Waals surface area (Å²) in [4.78, 5) is 7.31. The number of imidazole rings is 1. The molecule has 0 amide bonds. The largest absolute Gasteiger partial charge is 0.345 e. The highest BCUT2D eigenvalue weighted by Crippen LogP contribution is 2.24. The zero-order chi connectivity index (χ0) is 11.5. The number of H-pyrrole nitrogens is 1. The lowest BCUT2D eigenvalue weighted by atomic mass is 9.87. The van der Waals surface area contributed by atoms with Gasteiger partial charge in [0.05, 0.1) is 17.4 Å². The van der Waals surface area contributed by atoms with Crippen molar-refractivity contribution >= 4 is 11.0 Å². The summed E-state index contributed by atoms with van der Waals surface area (Å²) in [7, 11) is 0. The van der Waals surface area contributed by atoms with Gasteiger partial charge in [-0.2, -0.15) is 0 Å². The molecule has 0 aliphatic heterocycles. The van der Waals surface area contributed by atoms with E-state index in [4.69, 9.17) is 0 Å². The van der Waals surface area contributed by atoms with Gasteiger partial charge in [0.2, 0.25) is 0 Å². The van der Waals surface area contributed by atoms with Crippen molar-refractivity contribution < 1.29 is 0 Å². The van der Waals surface area contributed by atoms with Gasteiger partial charge in [-0.05, 0) is 23.1 Å². The summed E-state index contributed by atoms with van der Waals surface area (Å²) in [6.07, 6.45) is 1.73. The van der Waals surface area contributed by atoms with Crippen LogP contribution in [-0.2, 0) is 5.41 Å². The average molecular weight is 204 g/mol. The summed E-state index contributed by atoms with van der Waals surface area (Å²) in [5.74, 6) is 0. The molecule has 0 atom stereocenters.